The van der Waals surface area contributed by atoms with Gasteiger partial charge < -0.3 is 19.5 Å². The number of para-hydroxylation sites is 2. The molecule has 1 atom stereocenters. The lowest BCUT2D eigenvalue weighted by molar-refractivity contribution is -0.274. The molecule has 1 aromatic heterocycles. The van der Waals surface area contributed by atoms with Gasteiger partial charge in [0.1, 0.15) is 11.5 Å². The molecule has 7 nitrogen and oxygen atoms in total. The van der Waals surface area contributed by atoms with Crippen LogP contribution in [0.15, 0.2) is 54.6 Å². The molecule has 1 fully saturated rings. The zero-order valence-corrected chi connectivity index (χ0v) is 18.5. The summed E-state index contributed by atoms with van der Waals surface area (Å²) in [6.07, 6.45) is -2.41. The van der Waals surface area contributed by atoms with Gasteiger partial charge in [0.15, 0.2) is 6.23 Å². The summed E-state index contributed by atoms with van der Waals surface area (Å²) >= 11 is 0. The zero-order valence-electron chi connectivity index (χ0n) is 18.5. The minimum absolute atomic E-state index is 0.00105. The molecule has 3 aromatic rings. The van der Waals surface area contributed by atoms with Gasteiger partial charge >= 0.3 is 6.36 Å². The zero-order chi connectivity index (χ0) is 24.1. The number of carbonyl (C=O) groups excluding carboxylic acids is 1. The number of amides is 1. The van der Waals surface area contributed by atoms with Crippen LogP contribution >= 0.6 is 0 Å². The lowest BCUT2D eigenvalue weighted by Crippen LogP contribution is -2.26. The summed E-state index contributed by atoms with van der Waals surface area (Å²) in [6, 6.07) is 14.5. The maximum absolute atomic E-state index is 12.7. The van der Waals surface area contributed by atoms with E-state index in [2.05, 4.69) is 15.2 Å². The van der Waals surface area contributed by atoms with Crippen LogP contribution in [0.4, 0.5) is 13.2 Å². The second kappa shape index (κ2) is 10.2. The van der Waals surface area contributed by atoms with E-state index in [0.29, 0.717) is 18.1 Å². The first-order valence-electron chi connectivity index (χ1n) is 10.8. The molecule has 1 saturated heterocycles. The Morgan fingerprint density at radius 1 is 1.15 bits per heavy atom. The predicted octanol–water partition coefficient (Wildman–Crippen LogP) is 5.09. The number of ether oxygens (including phenoxy) is 3. The number of hydrogen-bond donors (Lipinski definition) is 1. The summed E-state index contributed by atoms with van der Waals surface area (Å²) in [4.78, 5) is 12.7. The van der Waals surface area contributed by atoms with Crippen LogP contribution in [0.5, 0.6) is 11.5 Å². The topological polar surface area (TPSA) is 74.6 Å². The first kappa shape index (κ1) is 23.6. The van der Waals surface area contributed by atoms with Gasteiger partial charge in [-0.2, -0.15) is 5.10 Å². The fraction of sp³-hybridized carbons (Fsp3) is 0.333. The van der Waals surface area contributed by atoms with E-state index >= 15 is 0 Å². The molecule has 34 heavy (non-hydrogen) atoms. The average Bonchev–Trinajstić information content (AvgIpc) is 3.26. The van der Waals surface area contributed by atoms with Crippen LogP contribution in [0.2, 0.25) is 0 Å². The molecule has 0 spiro atoms. The van der Waals surface area contributed by atoms with E-state index in [1.54, 1.807) is 11.8 Å². The molecule has 1 N–H and O–H groups in total. The molecule has 4 rings (SSSR count). The standard InChI is InChI=1S/C24H24F3N3O4/c1-32-20-10-4-2-8-17(20)19-14-16(29-30(19)22-12-6-7-13-33-22)15-28-23(31)18-9-3-5-11-21(18)34-24(25,26)27/h2-5,8-11,14,22H,6-7,12-13,15H2,1H3,(H,28,31). The Labute approximate surface area is 194 Å². The van der Waals surface area contributed by atoms with Gasteiger partial charge in [-0.3, -0.25) is 4.79 Å². The summed E-state index contributed by atoms with van der Waals surface area (Å²) in [5.41, 5.74) is 1.88. The third kappa shape index (κ3) is 5.51. The number of methoxy groups -OCH3 is 1. The number of rotatable bonds is 7. The molecule has 1 unspecified atom stereocenters. The SMILES string of the molecule is COc1ccccc1-c1cc(CNC(=O)c2ccccc2OC(F)(F)F)nn1C1CCCCO1. The van der Waals surface area contributed by atoms with E-state index in [1.165, 1.54) is 18.2 Å². The fourth-order valence-corrected chi connectivity index (χ4v) is 3.86. The summed E-state index contributed by atoms with van der Waals surface area (Å²) < 4.78 is 55.3. The van der Waals surface area contributed by atoms with E-state index < -0.39 is 18.0 Å². The quantitative estimate of drug-likeness (QED) is 0.516. The fourth-order valence-electron chi connectivity index (χ4n) is 3.86. The third-order valence-corrected chi connectivity index (χ3v) is 5.39. The van der Waals surface area contributed by atoms with E-state index in [0.717, 1.165) is 36.6 Å². The van der Waals surface area contributed by atoms with Gasteiger partial charge in [0.05, 0.1) is 30.6 Å². The molecule has 0 bridgehead atoms. The van der Waals surface area contributed by atoms with Crippen LogP contribution in [-0.4, -0.2) is 35.8 Å². The molecule has 10 heteroatoms. The average molecular weight is 475 g/mol. The lowest BCUT2D eigenvalue weighted by Gasteiger charge is -2.25. The molecule has 2 aromatic carbocycles. The Bertz CT molecular complexity index is 1140. The van der Waals surface area contributed by atoms with Crippen LogP contribution in [0, 0.1) is 0 Å². The van der Waals surface area contributed by atoms with Gasteiger partial charge in [-0.05, 0) is 49.6 Å². The maximum Gasteiger partial charge on any atom is 0.573 e. The van der Waals surface area contributed by atoms with Crippen molar-refractivity contribution in [1.29, 1.82) is 0 Å². The van der Waals surface area contributed by atoms with Gasteiger partial charge in [0.25, 0.3) is 5.91 Å². The Morgan fingerprint density at radius 2 is 1.88 bits per heavy atom. The largest absolute Gasteiger partial charge is 0.573 e. The van der Waals surface area contributed by atoms with Gasteiger partial charge in [-0.15, -0.1) is 13.2 Å². The normalized spacial score (nSPS) is 16.2. The van der Waals surface area contributed by atoms with Crippen molar-refractivity contribution in [2.45, 2.75) is 38.4 Å². The van der Waals surface area contributed by atoms with Crippen LogP contribution in [0.3, 0.4) is 0 Å². The summed E-state index contributed by atoms with van der Waals surface area (Å²) in [7, 11) is 1.58. The Hall–Kier alpha value is -3.53. The highest BCUT2D eigenvalue weighted by atomic mass is 19.4. The highest BCUT2D eigenvalue weighted by molar-refractivity contribution is 5.96. The van der Waals surface area contributed by atoms with Crippen LogP contribution in [0.1, 0.15) is 41.5 Å². The molecule has 0 saturated carbocycles. The maximum atomic E-state index is 12.7. The third-order valence-electron chi connectivity index (χ3n) is 5.39. The molecule has 1 aliphatic heterocycles. The van der Waals surface area contributed by atoms with Crippen LogP contribution < -0.4 is 14.8 Å². The second-order valence-corrected chi connectivity index (χ2v) is 7.71. The monoisotopic (exact) mass is 475 g/mol. The van der Waals surface area contributed by atoms with Crippen molar-refractivity contribution in [3.63, 3.8) is 0 Å². The highest BCUT2D eigenvalue weighted by Gasteiger charge is 2.33. The highest BCUT2D eigenvalue weighted by Crippen LogP contribution is 2.34. The molecular formula is C24H24F3N3O4. The Kier molecular flexibility index (Phi) is 7.06. The van der Waals surface area contributed by atoms with E-state index in [4.69, 9.17) is 9.47 Å². The number of benzene rings is 2. The van der Waals surface area contributed by atoms with Crippen molar-refractivity contribution in [2.24, 2.45) is 0 Å². The minimum Gasteiger partial charge on any atom is -0.496 e. The van der Waals surface area contributed by atoms with Gasteiger partial charge in [0.2, 0.25) is 0 Å². The summed E-state index contributed by atoms with van der Waals surface area (Å²) in [5.74, 6) is -0.612. The number of carbonyl (C=O) groups is 1. The van der Waals surface area contributed by atoms with E-state index in [1.807, 2.05) is 30.3 Å². The molecule has 0 radical (unpaired) electrons. The molecule has 180 valence electrons. The van der Waals surface area contributed by atoms with Gasteiger partial charge in [-0.25, -0.2) is 4.68 Å². The van der Waals surface area contributed by atoms with Crippen molar-refractivity contribution >= 4 is 5.91 Å². The predicted molar refractivity (Wildman–Crippen MR) is 117 cm³/mol. The van der Waals surface area contributed by atoms with Crippen molar-refractivity contribution < 1.29 is 32.2 Å². The molecule has 1 amide bonds. The smallest absolute Gasteiger partial charge is 0.496 e. The van der Waals surface area contributed by atoms with Crippen LogP contribution in [0.25, 0.3) is 11.3 Å². The first-order chi connectivity index (χ1) is 16.4. The number of aromatic nitrogens is 2. The van der Waals surface area contributed by atoms with E-state index in [9.17, 15) is 18.0 Å². The number of halogens is 3. The first-order valence-corrected chi connectivity index (χ1v) is 10.8. The van der Waals surface area contributed by atoms with Crippen molar-refractivity contribution in [1.82, 2.24) is 15.1 Å². The number of alkyl halides is 3. The molecule has 0 aliphatic carbocycles. The van der Waals surface area contributed by atoms with Crippen LogP contribution in [-0.2, 0) is 11.3 Å². The molecule has 1 aliphatic rings. The van der Waals surface area contributed by atoms with E-state index in [-0.39, 0.29) is 18.3 Å². The summed E-state index contributed by atoms with van der Waals surface area (Å²) in [5, 5.41) is 7.27. The van der Waals surface area contributed by atoms with Gasteiger partial charge in [-0.1, -0.05) is 24.3 Å². The van der Waals surface area contributed by atoms with Crippen molar-refractivity contribution in [3.8, 4) is 22.8 Å². The molecular weight excluding hydrogens is 451 g/mol. The van der Waals surface area contributed by atoms with Gasteiger partial charge in [0, 0.05) is 12.2 Å². The summed E-state index contributed by atoms with van der Waals surface area (Å²) in [6.45, 7) is 0.624. The lowest BCUT2D eigenvalue weighted by atomic mass is 10.1. The minimum atomic E-state index is -4.90. The number of nitrogens with one attached hydrogen (secondary N) is 1. The van der Waals surface area contributed by atoms with Crippen molar-refractivity contribution in [3.05, 3.63) is 65.9 Å². The number of hydrogen-bond acceptors (Lipinski definition) is 5. The Morgan fingerprint density at radius 3 is 2.59 bits per heavy atom. The number of nitrogens with zero attached hydrogens (tertiary/aromatic N) is 2. The molecule has 2 heterocycles. The Balaban J connectivity index is 1.59. The second-order valence-electron chi connectivity index (χ2n) is 7.71. The van der Waals surface area contributed by atoms with Crippen molar-refractivity contribution in [2.75, 3.05) is 13.7 Å².